The van der Waals surface area contributed by atoms with Gasteiger partial charge in [-0.2, -0.15) is 0 Å². The monoisotopic (exact) mass is 198 g/mol. The van der Waals surface area contributed by atoms with Crippen LogP contribution in [0.4, 0.5) is 4.39 Å². The van der Waals surface area contributed by atoms with Gasteiger partial charge in [-0.15, -0.1) is 11.8 Å². The molecule has 0 bridgehead atoms. The van der Waals surface area contributed by atoms with Crippen LogP contribution in [0.3, 0.4) is 0 Å². The first kappa shape index (κ1) is 8.56. The van der Waals surface area contributed by atoms with Gasteiger partial charge in [0, 0.05) is 10.6 Å². The van der Waals surface area contributed by atoms with Crippen LogP contribution in [0.25, 0.3) is 0 Å². The highest BCUT2D eigenvalue weighted by Gasteiger charge is 2.30. The molecule has 1 aromatic rings. The molecule has 1 aliphatic heterocycles. The molecule has 1 atom stereocenters. The third kappa shape index (κ3) is 1.31. The minimum Gasteiger partial charge on any atom is -0.481 e. The van der Waals surface area contributed by atoms with Gasteiger partial charge in [-0.1, -0.05) is 12.1 Å². The first-order valence-corrected chi connectivity index (χ1v) is 4.82. The van der Waals surface area contributed by atoms with Crippen molar-refractivity contribution in [2.24, 2.45) is 0 Å². The summed E-state index contributed by atoms with van der Waals surface area (Å²) in [6.45, 7) is 0. The second-order valence-electron chi connectivity index (χ2n) is 2.86. The molecule has 0 aliphatic carbocycles. The number of aliphatic carboxylic acids is 1. The third-order valence-corrected chi connectivity index (χ3v) is 3.28. The van der Waals surface area contributed by atoms with Crippen molar-refractivity contribution in [3.8, 4) is 0 Å². The zero-order valence-corrected chi connectivity index (χ0v) is 7.47. The molecule has 1 aromatic carbocycles. The maximum absolute atomic E-state index is 13.1. The van der Waals surface area contributed by atoms with Gasteiger partial charge < -0.3 is 5.11 Å². The van der Waals surface area contributed by atoms with Gasteiger partial charge >= 0.3 is 5.97 Å². The van der Waals surface area contributed by atoms with Crippen molar-refractivity contribution in [1.82, 2.24) is 0 Å². The Kier molecular flexibility index (Phi) is 2.00. The van der Waals surface area contributed by atoms with Crippen molar-refractivity contribution in [2.75, 3.05) is 5.75 Å². The van der Waals surface area contributed by atoms with Gasteiger partial charge in [0.25, 0.3) is 0 Å². The van der Waals surface area contributed by atoms with Gasteiger partial charge in [0.05, 0.1) is 5.92 Å². The average Bonchev–Trinajstić information content (AvgIpc) is 2.48. The molecular weight excluding hydrogens is 191 g/mol. The van der Waals surface area contributed by atoms with Crippen LogP contribution in [0.2, 0.25) is 0 Å². The van der Waals surface area contributed by atoms with E-state index < -0.39 is 11.9 Å². The number of hydrogen-bond acceptors (Lipinski definition) is 2. The first-order valence-electron chi connectivity index (χ1n) is 3.84. The van der Waals surface area contributed by atoms with E-state index in [0.29, 0.717) is 16.2 Å². The van der Waals surface area contributed by atoms with Crippen LogP contribution in [-0.4, -0.2) is 16.8 Å². The summed E-state index contributed by atoms with van der Waals surface area (Å²) < 4.78 is 13.1. The molecular formula is C9H7FO2S. The van der Waals surface area contributed by atoms with E-state index in [1.807, 2.05) is 0 Å². The van der Waals surface area contributed by atoms with Gasteiger partial charge in [0.2, 0.25) is 0 Å². The highest BCUT2D eigenvalue weighted by Crippen LogP contribution is 2.40. The van der Waals surface area contributed by atoms with E-state index in [9.17, 15) is 9.18 Å². The van der Waals surface area contributed by atoms with E-state index in [-0.39, 0.29) is 5.82 Å². The summed E-state index contributed by atoms with van der Waals surface area (Å²) in [5.74, 6) is -1.30. The molecule has 1 unspecified atom stereocenters. The Labute approximate surface area is 78.8 Å². The minimum atomic E-state index is -0.878. The molecule has 2 rings (SSSR count). The molecule has 13 heavy (non-hydrogen) atoms. The number of carbonyl (C=O) groups is 1. The standard InChI is InChI=1S/C9H7FO2S/c10-7-3-1-2-5-6(9(11)12)4-13-8(5)7/h1-3,6H,4H2,(H,11,12). The molecule has 4 heteroatoms. The summed E-state index contributed by atoms with van der Waals surface area (Å²) >= 11 is 1.28. The summed E-state index contributed by atoms with van der Waals surface area (Å²) in [6, 6.07) is 4.59. The Hall–Kier alpha value is -1.03. The fourth-order valence-corrected chi connectivity index (χ4v) is 2.65. The number of halogens is 1. The molecule has 0 spiro atoms. The van der Waals surface area contributed by atoms with E-state index in [1.165, 1.54) is 17.8 Å². The molecule has 0 aromatic heterocycles. The number of rotatable bonds is 1. The van der Waals surface area contributed by atoms with Crippen molar-refractivity contribution < 1.29 is 14.3 Å². The van der Waals surface area contributed by atoms with Crippen LogP contribution in [0.15, 0.2) is 23.1 Å². The lowest BCUT2D eigenvalue weighted by Crippen LogP contribution is -2.10. The van der Waals surface area contributed by atoms with Crippen LogP contribution in [0.1, 0.15) is 11.5 Å². The van der Waals surface area contributed by atoms with E-state index in [0.717, 1.165) is 0 Å². The van der Waals surface area contributed by atoms with Gasteiger partial charge in [0.15, 0.2) is 0 Å². The normalized spacial score (nSPS) is 19.9. The Morgan fingerprint density at radius 1 is 1.62 bits per heavy atom. The zero-order valence-electron chi connectivity index (χ0n) is 6.66. The van der Waals surface area contributed by atoms with Crippen LogP contribution in [-0.2, 0) is 4.79 Å². The van der Waals surface area contributed by atoms with E-state index in [2.05, 4.69) is 0 Å². The van der Waals surface area contributed by atoms with Crippen LogP contribution >= 0.6 is 11.8 Å². The van der Waals surface area contributed by atoms with E-state index >= 15 is 0 Å². The summed E-state index contributed by atoms with van der Waals surface area (Å²) in [5, 5.41) is 8.82. The van der Waals surface area contributed by atoms with Crippen LogP contribution in [0, 0.1) is 5.82 Å². The largest absolute Gasteiger partial charge is 0.481 e. The van der Waals surface area contributed by atoms with E-state index in [4.69, 9.17) is 5.11 Å². The van der Waals surface area contributed by atoms with Gasteiger partial charge in [-0.25, -0.2) is 4.39 Å². The van der Waals surface area contributed by atoms with Gasteiger partial charge in [0.1, 0.15) is 5.82 Å². The summed E-state index contributed by atoms with van der Waals surface area (Å²) in [6.07, 6.45) is 0. The van der Waals surface area contributed by atoms with Crippen molar-refractivity contribution >= 4 is 17.7 Å². The van der Waals surface area contributed by atoms with E-state index in [1.54, 1.807) is 12.1 Å². The maximum atomic E-state index is 13.1. The van der Waals surface area contributed by atoms with Gasteiger partial charge in [-0.05, 0) is 11.6 Å². The smallest absolute Gasteiger partial charge is 0.311 e. The molecule has 0 fully saturated rings. The maximum Gasteiger partial charge on any atom is 0.311 e. The molecule has 1 aliphatic rings. The number of fused-ring (bicyclic) bond motifs is 1. The second-order valence-corrected chi connectivity index (χ2v) is 3.89. The Bertz CT molecular complexity index is 365. The Morgan fingerprint density at radius 2 is 2.38 bits per heavy atom. The summed E-state index contributed by atoms with van der Waals surface area (Å²) in [7, 11) is 0. The molecule has 0 radical (unpaired) electrons. The molecule has 2 nitrogen and oxygen atoms in total. The lowest BCUT2D eigenvalue weighted by molar-refractivity contribution is -0.138. The van der Waals surface area contributed by atoms with Crippen molar-refractivity contribution in [2.45, 2.75) is 10.8 Å². The fourth-order valence-electron chi connectivity index (χ4n) is 1.41. The highest BCUT2D eigenvalue weighted by molar-refractivity contribution is 7.99. The van der Waals surface area contributed by atoms with Gasteiger partial charge in [-0.3, -0.25) is 4.79 Å². The highest BCUT2D eigenvalue weighted by atomic mass is 32.2. The lowest BCUT2D eigenvalue weighted by atomic mass is 10.0. The first-order chi connectivity index (χ1) is 6.20. The predicted octanol–water partition coefficient (Wildman–Crippen LogP) is 2.10. The zero-order chi connectivity index (χ0) is 9.42. The van der Waals surface area contributed by atoms with Crippen molar-refractivity contribution in [1.29, 1.82) is 0 Å². The number of carboxylic acid groups (broad SMARTS) is 1. The molecule has 1 N–H and O–H groups in total. The second kappa shape index (κ2) is 3.03. The number of carboxylic acids is 1. The lowest BCUT2D eigenvalue weighted by Gasteiger charge is -2.03. The molecule has 0 saturated heterocycles. The number of thioether (sulfide) groups is 1. The molecule has 68 valence electrons. The van der Waals surface area contributed by atoms with Crippen molar-refractivity contribution in [3.05, 3.63) is 29.6 Å². The minimum absolute atomic E-state index is 0.314. The summed E-state index contributed by atoms with van der Waals surface area (Å²) in [5.41, 5.74) is 0.609. The van der Waals surface area contributed by atoms with Crippen LogP contribution < -0.4 is 0 Å². The number of hydrogen-bond donors (Lipinski definition) is 1. The third-order valence-electron chi connectivity index (χ3n) is 2.07. The fraction of sp³-hybridized carbons (Fsp3) is 0.222. The quantitative estimate of drug-likeness (QED) is 0.750. The molecule has 1 heterocycles. The summed E-state index contributed by atoms with van der Waals surface area (Å²) in [4.78, 5) is 11.2. The molecule has 0 saturated carbocycles. The average molecular weight is 198 g/mol. The number of benzene rings is 1. The Balaban J connectivity index is 2.49. The predicted molar refractivity (Wildman–Crippen MR) is 47.5 cm³/mol. The van der Waals surface area contributed by atoms with Crippen LogP contribution in [0.5, 0.6) is 0 Å². The SMILES string of the molecule is O=C(O)C1CSc2c(F)cccc21. The van der Waals surface area contributed by atoms with Crippen molar-refractivity contribution in [3.63, 3.8) is 0 Å². The molecule has 0 amide bonds. The Morgan fingerprint density at radius 3 is 3.08 bits per heavy atom. The topological polar surface area (TPSA) is 37.3 Å².